The molecule has 0 aromatic heterocycles. The summed E-state index contributed by atoms with van der Waals surface area (Å²) < 4.78 is 0. The highest BCUT2D eigenvalue weighted by Crippen LogP contribution is 2.19. The molecule has 1 fully saturated rings. The van der Waals surface area contributed by atoms with Crippen LogP contribution in [0.1, 0.15) is 33.1 Å². The maximum Gasteiger partial charge on any atom is 0.0368 e. The van der Waals surface area contributed by atoms with Crippen LogP contribution < -0.4 is 10.2 Å². The van der Waals surface area contributed by atoms with Crippen molar-refractivity contribution in [2.75, 3.05) is 49.5 Å². The lowest BCUT2D eigenvalue weighted by molar-refractivity contribution is 0.258. The van der Waals surface area contributed by atoms with Gasteiger partial charge >= 0.3 is 0 Å². The van der Waals surface area contributed by atoms with Gasteiger partial charge in [0, 0.05) is 44.1 Å². The van der Waals surface area contributed by atoms with Crippen LogP contribution in [0.4, 0.5) is 11.4 Å². The van der Waals surface area contributed by atoms with E-state index in [4.69, 9.17) is 0 Å². The molecule has 0 spiro atoms. The molecule has 0 atom stereocenters. The average molecular weight is 275 g/mol. The Balaban J connectivity index is 1.81. The Morgan fingerprint density at radius 1 is 0.950 bits per heavy atom. The van der Waals surface area contributed by atoms with Crippen molar-refractivity contribution < 1.29 is 0 Å². The molecule has 2 rings (SSSR count). The number of hydrogen-bond donors (Lipinski definition) is 1. The third kappa shape index (κ3) is 4.41. The van der Waals surface area contributed by atoms with Crippen molar-refractivity contribution in [2.45, 2.75) is 33.1 Å². The molecule has 3 nitrogen and oxygen atoms in total. The van der Waals surface area contributed by atoms with Crippen molar-refractivity contribution in [3.05, 3.63) is 24.3 Å². The molecule has 0 bridgehead atoms. The van der Waals surface area contributed by atoms with Crippen LogP contribution in [0.3, 0.4) is 0 Å². The second-order valence-corrected chi connectivity index (χ2v) is 5.66. The third-order valence-corrected chi connectivity index (χ3v) is 4.00. The number of anilines is 2. The number of nitrogens with zero attached hydrogens (tertiary/aromatic N) is 2. The minimum atomic E-state index is 1.07. The normalized spacial score (nSPS) is 16.4. The van der Waals surface area contributed by atoms with Gasteiger partial charge in [-0.2, -0.15) is 0 Å². The highest BCUT2D eigenvalue weighted by atomic mass is 15.3. The minimum Gasteiger partial charge on any atom is -0.385 e. The SMILES string of the molecule is CCCCNc1ccc(N2CCN(CCC)CC2)cc1. The monoisotopic (exact) mass is 275 g/mol. The summed E-state index contributed by atoms with van der Waals surface area (Å²) in [4.78, 5) is 5.07. The molecule has 0 amide bonds. The Labute approximate surface area is 124 Å². The van der Waals surface area contributed by atoms with E-state index in [1.54, 1.807) is 0 Å². The van der Waals surface area contributed by atoms with E-state index >= 15 is 0 Å². The number of rotatable bonds is 7. The molecule has 1 aliphatic heterocycles. The lowest BCUT2D eigenvalue weighted by atomic mass is 10.2. The van der Waals surface area contributed by atoms with E-state index < -0.39 is 0 Å². The zero-order valence-electron chi connectivity index (χ0n) is 13.1. The topological polar surface area (TPSA) is 18.5 Å². The predicted molar refractivity (Wildman–Crippen MR) is 88.8 cm³/mol. The third-order valence-electron chi connectivity index (χ3n) is 4.00. The fraction of sp³-hybridized carbons (Fsp3) is 0.647. The van der Waals surface area contributed by atoms with Gasteiger partial charge in [0.05, 0.1) is 0 Å². The van der Waals surface area contributed by atoms with E-state index in [0.29, 0.717) is 0 Å². The molecule has 112 valence electrons. The average Bonchev–Trinajstić information content (AvgIpc) is 2.49. The summed E-state index contributed by atoms with van der Waals surface area (Å²) in [5.41, 5.74) is 2.61. The molecule has 0 unspecified atom stereocenters. The summed E-state index contributed by atoms with van der Waals surface area (Å²) in [5.74, 6) is 0. The molecular weight excluding hydrogens is 246 g/mol. The first kappa shape index (κ1) is 15.2. The van der Waals surface area contributed by atoms with Crippen LogP contribution in [-0.4, -0.2) is 44.2 Å². The van der Waals surface area contributed by atoms with Crippen molar-refractivity contribution in [2.24, 2.45) is 0 Å². The fourth-order valence-electron chi connectivity index (χ4n) is 2.75. The molecule has 1 N–H and O–H groups in total. The zero-order chi connectivity index (χ0) is 14.2. The Morgan fingerprint density at radius 3 is 2.25 bits per heavy atom. The molecule has 1 aromatic rings. The van der Waals surface area contributed by atoms with Gasteiger partial charge in [-0.05, 0) is 43.7 Å². The van der Waals surface area contributed by atoms with Crippen molar-refractivity contribution in [3.63, 3.8) is 0 Å². The number of nitrogens with one attached hydrogen (secondary N) is 1. The van der Waals surface area contributed by atoms with Gasteiger partial charge in [-0.15, -0.1) is 0 Å². The molecule has 0 aliphatic carbocycles. The van der Waals surface area contributed by atoms with Crippen molar-refractivity contribution in [1.82, 2.24) is 4.90 Å². The fourth-order valence-corrected chi connectivity index (χ4v) is 2.75. The summed E-state index contributed by atoms with van der Waals surface area (Å²) in [7, 11) is 0. The molecule has 1 aromatic carbocycles. The number of piperazine rings is 1. The highest BCUT2D eigenvalue weighted by Gasteiger charge is 2.16. The van der Waals surface area contributed by atoms with Crippen molar-refractivity contribution >= 4 is 11.4 Å². The Bertz CT molecular complexity index is 366. The molecule has 0 radical (unpaired) electrons. The van der Waals surface area contributed by atoms with E-state index in [1.165, 1.54) is 50.3 Å². The van der Waals surface area contributed by atoms with Gasteiger partial charge in [0.15, 0.2) is 0 Å². The van der Waals surface area contributed by atoms with Crippen molar-refractivity contribution in [1.29, 1.82) is 0 Å². The zero-order valence-corrected chi connectivity index (χ0v) is 13.1. The van der Waals surface area contributed by atoms with Crippen LogP contribution >= 0.6 is 0 Å². The molecule has 1 aliphatic rings. The van der Waals surface area contributed by atoms with E-state index in [0.717, 1.165) is 19.6 Å². The lowest BCUT2D eigenvalue weighted by Crippen LogP contribution is -2.46. The van der Waals surface area contributed by atoms with Gasteiger partial charge in [-0.1, -0.05) is 20.3 Å². The van der Waals surface area contributed by atoms with E-state index in [2.05, 4.69) is 53.2 Å². The van der Waals surface area contributed by atoms with Gasteiger partial charge in [0.1, 0.15) is 0 Å². The first-order valence-electron chi connectivity index (χ1n) is 8.14. The standard InChI is InChI=1S/C17H29N3/c1-3-5-10-18-16-6-8-17(9-7-16)20-14-12-19(11-4-2)13-15-20/h6-9,18H,3-5,10-15H2,1-2H3. The molecular formula is C17H29N3. The second-order valence-electron chi connectivity index (χ2n) is 5.66. The van der Waals surface area contributed by atoms with E-state index in [-0.39, 0.29) is 0 Å². The maximum atomic E-state index is 3.47. The first-order chi connectivity index (χ1) is 9.83. The smallest absolute Gasteiger partial charge is 0.0368 e. The molecule has 0 saturated carbocycles. The van der Waals surface area contributed by atoms with Gasteiger partial charge < -0.3 is 10.2 Å². The van der Waals surface area contributed by atoms with Gasteiger partial charge in [-0.25, -0.2) is 0 Å². The first-order valence-corrected chi connectivity index (χ1v) is 8.14. The van der Waals surface area contributed by atoms with Crippen LogP contribution in [0.15, 0.2) is 24.3 Å². The summed E-state index contributed by atoms with van der Waals surface area (Å²) in [6.07, 6.45) is 3.74. The molecule has 1 heterocycles. The summed E-state index contributed by atoms with van der Waals surface area (Å²) in [6, 6.07) is 8.93. The van der Waals surface area contributed by atoms with Crippen molar-refractivity contribution in [3.8, 4) is 0 Å². The van der Waals surface area contributed by atoms with E-state index in [1.807, 2.05) is 0 Å². The van der Waals surface area contributed by atoms with Crippen LogP contribution in [0.5, 0.6) is 0 Å². The lowest BCUT2D eigenvalue weighted by Gasteiger charge is -2.36. The van der Waals surface area contributed by atoms with Gasteiger partial charge in [0.25, 0.3) is 0 Å². The summed E-state index contributed by atoms with van der Waals surface area (Å²) in [5, 5.41) is 3.47. The van der Waals surface area contributed by atoms with Crippen LogP contribution in [-0.2, 0) is 0 Å². The van der Waals surface area contributed by atoms with E-state index in [9.17, 15) is 0 Å². The summed E-state index contributed by atoms with van der Waals surface area (Å²) >= 11 is 0. The molecule has 3 heteroatoms. The van der Waals surface area contributed by atoms with Gasteiger partial charge in [0.2, 0.25) is 0 Å². The Morgan fingerprint density at radius 2 is 1.65 bits per heavy atom. The maximum absolute atomic E-state index is 3.47. The van der Waals surface area contributed by atoms with Gasteiger partial charge in [-0.3, -0.25) is 4.90 Å². The molecule has 1 saturated heterocycles. The largest absolute Gasteiger partial charge is 0.385 e. The quantitative estimate of drug-likeness (QED) is 0.769. The molecule has 20 heavy (non-hydrogen) atoms. The number of unbranched alkanes of at least 4 members (excludes halogenated alkanes) is 1. The number of benzene rings is 1. The van der Waals surface area contributed by atoms with Crippen LogP contribution in [0.25, 0.3) is 0 Å². The minimum absolute atomic E-state index is 1.07. The Hall–Kier alpha value is -1.22. The van der Waals surface area contributed by atoms with Crippen LogP contribution in [0.2, 0.25) is 0 Å². The predicted octanol–water partition coefficient (Wildman–Crippen LogP) is 3.43. The number of hydrogen-bond acceptors (Lipinski definition) is 3. The summed E-state index contributed by atoms with van der Waals surface area (Å²) in [6.45, 7) is 11.5. The van der Waals surface area contributed by atoms with Crippen LogP contribution in [0, 0.1) is 0 Å². The Kier molecular flexibility index (Phi) is 6.19. The second kappa shape index (κ2) is 8.15. The highest BCUT2D eigenvalue weighted by molar-refractivity contribution is 5.55.